The molecule has 0 aliphatic heterocycles. The van der Waals surface area contributed by atoms with E-state index in [1.54, 1.807) is 6.92 Å². The largest absolute Gasteiger partial charge is 0.319 e. The number of benzene rings is 3. The Bertz CT molecular complexity index is 1170. The summed E-state index contributed by atoms with van der Waals surface area (Å²) < 4.78 is 55.9. The van der Waals surface area contributed by atoms with Crippen LogP contribution in [0.3, 0.4) is 0 Å². The summed E-state index contributed by atoms with van der Waals surface area (Å²) in [6.45, 7) is 1.74. The van der Waals surface area contributed by atoms with E-state index < -0.39 is 27.6 Å². The number of sulfonamides is 1. The first kappa shape index (κ1) is 22.6. The monoisotopic (exact) mass is 444 g/mol. The summed E-state index contributed by atoms with van der Waals surface area (Å²) in [5.41, 5.74) is 0.603. The van der Waals surface area contributed by atoms with E-state index in [1.807, 2.05) is 30.3 Å². The van der Waals surface area contributed by atoms with Crippen LogP contribution < -0.4 is 10.0 Å². The fourth-order valence-electron chi connectivity index (χ4n) is 3.02. The standard InChI is InChI=1S/C23H22F2N2O3S/c1-16(11-12-17-7-3-2-4-8-17)27-31(29,30)18-13-14-22(21(25)15-18)26-23(28)19-9-5-6-10-20(19)24/h2-10,13-16,27H,11-12H2,1H3,(H,26,28). The Labute approximate surface area is 180 Å². The van der Waals surface area contributed by atoms with Gasteiger partial charge in [-0.1, -0.05) is 42.5 Å². The highest BCUT2D eigenvalue weighted by Gasteiger charge is 2.20. The van der Waals surface area contributed by atoms with Gasteiger partial charge in [0.15, 0.2) is 0 Å². The molecule has 162 valence electrons. The molecule has 1 amide bonds. The normalized spacial score (nSPS) is 12.4. The Balaban J connectivity index is 1.66. The molecule has 0 saturated carbocycles. The molecule has 0 heterocycles. The van der Waals surface area contributed by atoms with Crippen LogP contribution in [0.25, 0.3) is 0 Å². The number of hydrogen-bond acceptors (Lipinski definition) is 3. The van der Waals surface area contributed by atoms with Gasteiger partial charge in [0.1, 0.15) is 11.6 Å². The van der Waals surface area contributed by atoms with E-state index >= 15 is 0 Å². The minimum Gasteiger partial charge on any atom is -0.319 e. The van der Waals surface area contributed by atoms with Crippen molar-refractivity contribution < 1.29 is 22.0 Å². The molecule has 0 bridgehead atoms. The van der Waals surface area contributed by atoms with E-state index in [2.05, 4.69) is 10.0 Å². The molecular weight excluding hydrogens is 422 g/mol. The molecule has 1 unspecified atom stereocenters. The van der Waals surface area contributed by atoms with Crippen molar-refractivity contribution in [2.24, 2.45) is 0 Å². The third kappa shape index (κ3) is 5.96. The summed E-state index contributed by atoms with van der Waals surface area (Å²) in [6.07, 6.45) is 1.27. The molecule has 0 fully saturated rings. The van der Waals surface area contributed by atoms with Crippen molar-refractivity contribution in [3.05, 3.63) is 95.6 Å². The lowest BCUT2D eigenvalue weighted by molar-refractivity contribution is 0.102. The van der Waals surface area contributed by atoms with Crippen molar-refractivity contribution in [1.29, 1.82) is 0 Å². The fraction of sp³-hybridized carbons (Fsp3) is 0.174. The number of carbonyl (C=O) groups excluding carboxylic acids is 1. The SMILES string of the molecule is CC(CCc1ccccc1)NS(=O)(=O)c1ccc(NC(=O)c2ccccc2F)c(F)c1. The van der Waals surface area contributed by atoms with Crippen LogP contribution in [-0.2, 0) is 16.4 Å². The van der Waals surface area contributed by atoms with E-state index in [4.69, 9.17) is 0 Å². The number of halogens is 2. The van der Waals surface area contributed by atoms with E-state index in [-0.39, 0.29) is 22.2 Å². The van der Waals surface area contributed by atoms with Crippen molar-refractivity contribution >= 4 is 21.6 Å². The van der Waals surface area contributed by atoms with Crippen molar-refractivity contribution in [3.8, 4) is 0 Å². The van der Waals surface area contributed by atoms with Crippen LogP contribution in [0.1, 0.15) is 29.3 Å². The van der Waals surface area contributed by atoms with E-state index in [1.165, 1.54) is 24.3 Å². The van der Waals surface area contributed by atoms with Gasteiger partial charge in [0.25, 0.3) is 5.91 Å². The highest BCUT2D eigenvalue weighted by molar-refractivity contribution is 7.89. The molecule has 3 aromatic rings. The average molecular weight is 445 g/mol. The lowest BCUT2D eigenvalue weighted by Gasteiger charge is -2.15. The molecule has 8 heteroatoms. The first-order valence-corrected chi connectivity index (χ1v) is 11.2. The lowest BCUT2D eigenvalue weighted by atomic mass is 10.1. The van der Waals surface area contributed by atoms with Crippen LogP contribution in [0, 0.1) is 11.6 Å². The molecule has 0 radical (unpaired) electrons. The molecule has 0 aliphatic carbocycles. The number of nitrogens with one attached hydrogen (secondary N) is 2. The smallest absolute Gasteiger partial charge is 0.258 e. The van der Waals surface area contributed by atoms with Crippen molar-refractivity contribution in [1.82, 2.24) is 4.72 Å². The molecule has 0 saturated heterocycles. The summed E-state index contributed by atoms with van der Waals surface area (Å²) in [5, 5.41) is 2.26. The Hall–Kier alpha value is -3.10. The highest BCUT2D eigenvalue weighted by Crippen LogP contribution is 2.21. The molecule has 5 nitrogen and oxygen atoms in total. The second-order valence-electron chi connectivity index (χ2n) is 7.12. The van der Waals surface area contributed by atoms with Crippen LogP contribution in [0.4, 0.5) is 14.5 Å². The first-order valence-electron chi connectivity index (χ1n) is 9.68. The quantitative estimate of drug-likeness (QED) is 0.537. The molecular formula is C23H22F2N2O3S. The minimum atomic E-state index is -3.95. The molecule has 3 aromatic carbocycles. The molecule has 0 aromatic heterocycles. The predicted octanol–water partition coefficient (Wildman–Crippen LogP) is 4.52. The third-order valence-electron chi connectivity index (χ3n) is 4.68. The van der Waals surface area contributed by atoms with Crippen LogP contribution in [0.5, 0.6) is 0 Å². The number of aryl methyl sites for hydroxylation is 1. The van der Waals surface area contributed by atoms with E-state index in [0.717, 1.165) is 23.8 Å². The molecule has 2 N–H and O–H groups in total. The maximum atomic E-state index is 14.5. The van der Waals surface area contributed by atoms with Crippen molar-refractivity contribution in [2.45, 2.75) is 30.7 Å². The van der Waals surface area contributed by atoms with Crippen LogP contribution in [0.15, 0.2) is 77.7 Å². The second kappa shape index (κ2) is 9.80. The van der Waals surface area contributed by atoms with Gasteiger partial charge >= 0.3 is 0 Å². The molecule has 1 atom stereocenters. The van der Waals surface area contributed by atoms with Crippen LogP contribution >= 0.6 is 0 Å². The Morgan fingerprint density at radius 3 is 2.29 bits per heavy atom. The van der Waals surface area contributed by atoms with Gasteiger partial charge < -0.3 is 5.32 Å². The Morgan fingerprint density at radius 1 is 0.935 bits per heavy atom. The summed E-state index contributed by atoms with van der Waals surface area (Å²) in [7, 11) is -3.95. The van der Waals surface area contributed by atoms with Gasteiger partial charge in [-0.3, -0.25) is 4.79 Å². The highest BCUT2D eigenvalue weighted by atomic mass is 32.2. The number of carbonyl (C=O) groups is 1. The number of rotatable bonds is 8. The fourth-order valence-corrected chi connectivity index (χ4v) is 4.31. The van der Waals surface area contributed by atoms with Crippen molar-refractivity contribution in [3.63, 3.8) is 0 Å². The zero-order valence-corrected chi connectivity index (χ0v) is 17.6. The van der Waals surface area contributed by atoms with Gasteiger partial charge in [0.2, 0.25) is 10.0 Å². The van der Waals surface area contributed by atoms with Gasteiger partial charge in [0, 0.05) is 6.04 Å². The lowest BCUT2D eigenvalue weighted by Crippen LogP contribution is -2.33. The Kier molecular flexibility index (Phi) is 7.14. The average Bonchev–Trinajstić information content (AvgIpc) is 2.74. The second-order valence-corrected chi connectivity index (χ2v) is 8.84. The Morgan fingerprint density at radius 2 is 1.61 bits per heavy atom. The summed E-state index contributed by atoms with van der Waals surface area (Å²) in [4.78, 5) is 11.9. The zero-order valence-electron chi connectivity index (χ0n) is 16.8. The summed E-state index contributed by atoms with van der Waals surface area (Å²) in [5.74, 6) is -2.52. The van der Waals surface area contributed by atoms with E-state index in [9.17, 15) is 22.0 Å². The minimum absolute atomic E-state index is 0.243. The van der Waals surface area contributed by atoms with Crippen LogP contribution in [-0.4, -0.2) is 20.4 Å². The molecule has 3 rings (SSSR count). The maximum absolute atomic E-state index is 14.5. The number of amides is 1. The predicted molar refractivity (Wildman–Crippen MR) is 115 cm³/mol. The summed E-state index contributed by atoms with van der Waals surface area (Å²) >= 11 is 0. The van der Waals surface area contributed by atoms with Gasteiger partial charge in [0.05, 0.1) is 16.1 Å². The van der Waals surface area contributed by atoms with E-state index in [0.29, 0.717) is 12.8 Å². The van der Waals surface area contributed by atoms with Gasteiger partial charge in [-0.05, 0) is 55.7 Å². The zero-order chi connectivity index (χ0) is 22.4. The van der Waals surface area contributed by atoms with Gasteiger partial charge in [-0.15, -0.1) is 0 Å². The van der Waals surface area contributed by atoms with Crippen LogP contribution in [0.2, 0.25) is 0 Å². The third-order valence-corrected chi connectivity index (χ3v) is 6.27. The first-order chi connectivity index (χ1) is 14.8. The number of hydrogen-bond donors (Lipinski definition) is 2. The van der Waals surface area contributed by atoms with Gasteiger partial charge in [-0.2, -0.15) is 0 Å². The topological polar surface area (TPSA) is 75.3 Å². The molecule has 31 heavy (non-hydrogen) atoms. The molecule has 0 spiro atoms. The van der Waals surface area contributed by atoms with Gasteiger partial charge in [-0.25, -0.2) is 21.9 Å². The maximum Gasteiger partial charge on any atom is 0.258 e. The number of anilines is 1. The molecule has 0 aliphatic rings. The van der Waals surface area contributed by atoms with Crippen molar-refractivity contribution in [2.75, 3.05) is 5.32 Å². The summed E-state index contributed by atoms with van der Waals surface area (Å²) in [6, 6.07) is 17.7.